The number of alkyl halides is 3. The van der Waals surface area contributed by atoms with Gasteiger partial charge in [0.2, 0.25) is 0 Å². The van der Waals surface area contributed by atoms with Gasteiger partial charge in [-0.2, -0.15) is 13.2 Å². The molecule has 0 fully saturated rings. The van der Waals surface area contributed by atoms with Crippen LogP contribution >= 0.6 is 11.3 Å². The lowest BCUT2D eigenvalue weighted by Crippen LogP contribution is -2.12. The Labute approximate surface area is 423 Å². The summed E-state index contributed by atoms with van der Waals surface area (Å²) >= 11 is 1.76. The Hall–Kier alpha value is -9.38. The number of para-hydroxylation sites is 3. The summed E-state index contributed by atoms with van der Waals surface area (Å²) in [6.45, 7) is 0. The predicted molar refractivity (Wildman–Crippen MR) is 295 cm³/mol. The Kier molecular flexibility index (Phi) is 9.19. The van der Waals surface area contributed by atoms with E-state index in [0.29, 0.717) is 50.2 Å². The van der Waals surface area contributed by atoms with E-state index in [9.17, 15) is 0 Å². The van der Waals surface area contributed by atoms with E-state index in [4.69, 9.17) is 19.4 Å². The zero-order valence-electron chi connectivity index (χ0n) is 39.0. The number of nitrogens with zero attached hydrogens (tertiary/aromatic N) is 5. The first-order valence-corrected chi connectivity index (χ1v) is 25.1. The molecule has 0 aliphatic rings. The van der Waals surface area contributed by atoms with E-state index in [-0.39, 0.29) is 22.7 Å². The molecular formula is C64H36F3N5OS. The van der Waals surface area contributed by atoms with E-state index in [0.717, 1.165) is 54.8 Å². The van der Waals surface area contributed by atoms with Gasteiger partial charge in [0.1, 0.15) is 11.3 Å². The van der Waals surface area contributed by atoms with Crippen molar-refractivity contribution in [3.05, 3.63) is 224 Å². The number of hydrogen-bond donors (Lipinski definition) is 0. The van der Waals surface area contributed by atoms with Crippen LogP contribution in [0.15, 0.2) is 223 Å². The van der Waals surface area contributed by atoms with Gasteiger partial charge in [-0.3, -0.25) is 0 Å². The predicted octanol–water partition coefficient (Wildman–Crippen LogP) is 18.0. The molecule has 5 heterocycles. The summed E-state index contributed by atoms with van der Waals surface area (Å²) in [5.41, 5.74) is 7.05. The van der Waals surface area contributed by atoms with Crippen LogP contribution < -0.4 is 0 Å². The lowest BCUT2D eigenvalue weighted by Gasteiger charge is -2.19. The molecule has 0 saturated heterocycles. The molecule has 0 aliphatic heterocycles. The van der Waals surface area contributed by atoms with Gasteiger partial charge in [-0.15, -0.1) is 11.3 Å². The van der Waals surface area contributed by atoms with Crippen LogP contribution in [0.2, 0.25) is 0 Å². The van der Waals surface area contributed by atoms with Crippen LogP contribution in [0.1, 0.15) is 5.56 Å². The normalized spacial score (nSPS) is 12.3. The zero-order chi connectivity index (χ0) is 49.2. The van der Waals surface area contributed by atoms with Crippen molar-refractivity contribution in [1.82, 2.24) is 24.1 Å². The molecule has 10 heteroatoms. The number of thiophene rings is 1. The van der Waals surface area contributed by atoms with Gasteiger partial charge in [0.15, 0.2) is 23.1 Å². The number of hydrogen-bond acceptors (Lipinski definition) is 5. The summed E-state index contributed by atoms with van der Waals surface area (Å²) in [5, 5.41) is 6.96. The molecule has 0 unspecified atom stereocenters. The van der Waals surface area contributed by atoms with Crippen LogP contribution in [0.25, 0.3) is 142 Å². The van der Waals surface area contributed by atoms with Crippen LogP contribution in [0, 0.1) is 0 Å². The first kappa shape index (κ1) is 42.3. The minimum Gasteiger partial charge on any atom is -0.454 e. The van der Waals surface area contributed by atoms with Crippen molar-refractivity contribution in [1.29, 1.82) is 0 Å². The van der Waals surface area contributed by atoms with Crippen LogP contribution in [0.3, 0.4) is 0 Å². The number of aromatic nitrogens is 5. The highest BCUT2D eigenvalue weighted by Crippen LogP contribution is 2.50. The number of benzene rings is 10. The number of halogens is 3. The highest BCUT2D eigenvalue weighted by atomic mass is 32.1. The minimum absolute atomic E-state index is 0.0587. The zero-order valence-corrected chi connectivity index (χ0v) is 39.8. The molecule has 15 aromatic rings. The van der Waals surface area contributed by atoms with E-state index in [1.54, 1.807) is 22.0 Å². The molecule has 0 amide bonds. The molecule has 0 N–H and O–H groups in total. The quantitative estimate of drug-likeness (QED) is 0.167. The second-order valence-electron chi connectivity index (χ2n) is 18.6. The fraction of sp³-hybridized carbons (Fsp3) is 0.0156. The van der Waals surface area contributed by atoms with E-state index in [1.165, 1.54) is 20.9 Å². The number of furan rings is 1. The van der Waals surface area contributed by atoms with Gasteiger partial charge in [0.05, 0.1) is 27.6 Å². The molecule has 0 spiro atoms. The minimum atomic E-state index is -4.89. The Morgan fingerprint density at radius 2 is 0.919 bits per heavy atom. The maximum atomic E-state index is 16.6. The average molecular weight is 980 g/mol. The molecule has 0 saturated carbocycles. The molecule has 5 aromatic heterocycles. The summed E-state index contributed by atoms with van der Waals surface area (Å²) in [4.78, 5) is 14.8. The van der Waals surface area contributed by atoms with Crippen molar-refractivity contribution < 1.29 is 17.6 Å². The first-order valence-electron chi connectivity index (χ1n) is 24.2. The maximum Gasteiger partial charge on any atom is 0.418 e. The van der Waals surface area contributed by atoms with Crippen molar-refractivity contribution in [2.75, 3.05) is 0 Å². The molecule has 0 aliphatic carbocycles. The second-order valence-corrected chi connectivity index (χ2v) is 19.7. The van der Waals surface area contributed by atoms with Gasteiger partial charge >= 0.3 is 6.18 Å². The third-order valence-electron chi connectivity index (χ3n) is 14.4. The molecule has 0 atom stereocenters. The van der Waals surface area contributed by atoms with E-state index in [1.807, 2.05) is 133 Å². The van der Waals surface area contributed by atoms with Crippen molar-refractivity contribution in [2.24, 2.45) is 0 Å². The Morgan fingerprint density at radius 3 is 1.64 bits per heavy atom. The SMILES string of the molecule is FC(F)(F)c1cc(-c2nc(-c3ccccc3)nc(-c3ccccc3)n2)c2c(oc3ccccc32)c1-n1c2ccc(-c3ccc4sc5ccccc5c4c3)cc2c2c3c4ccccc4n(-c4ccccc4)c3ccc21. The van der Waals surface area contributed by atoms with Gasteiger partial charge in [0, 0.05) is 74.9 Å². The number of fused-ring (bicyclic) bond motifs is 13. The third-order valence-corrected chi connectivity index (χ3v) is 15.5. The van der Waals surface area contributed by atoms with Crippen LogP contribution in [0.5, 0.6) is 0 Å². The first-order chi connectivity index (χ1) is 36.3. The van der Waals surface area contributed by atoms with Crippen LogP contribution in [-0.2, 0) is 6.18 Å². The Morgan fingerprint density at radius 1 is 0.392 bits per heavy atom. The summed E-state index contributed by atoms with van der Waals surface area (Å²) in [7, 11) is 0. The summed E-state index contributed by atoms with van der Waals surface area (Å²) in [5.74, 6) is 0.747. The van der Waals surface area contributed by atoms with E-state index < -0.39 is 11.7 Å². The van der Waals surface area contributed by atoms with Gasteiger partial charge in [-0.1, -0.05) is 146 Å². The molecule has 6 nitrogen and oxygen atoms in total. The fourth-order valence-electron chi connectivity index (χ4n) is 11.2. The molecule has 0 bridgehead atoms. The standard InChI is InChI=1S/C64H36F3N5OS/c65-64(66,67)48-36-47(63-69-61(37-16-4-1-5-17-37)68-62(70-63)38-18-6-2-7-19-38)56-44-24-11-14-26-53(44)73-60(56)59(48)72-50-30-28-39(40-29-33-55-45(34-40)42-22-12-15-27-54(42)74-55)35-46(50)58-52(72)32-31-51-57(58)43-23-10-13-25-49(43)71(51)41-20-8-3-9-21-41/h1-36H. The molecule has 15 rings (SSSR count). The van der Waals surface area contributed by atoms with Crippen molar-refractivity contribution in [3.63, 3.8) is 0 Å². The molecular weight excluding hydrogens is 944 g/mol. The van der Waals surface area contributed by atoms with Gasteiger partial charge in [-0.05, 0) is 83.9 Å². The second kappa shape index (κ2) is 16.1. The number of rotatable bonds is 6. The van der Waals surface area contributed by atoms with Gasteiger partial charge in [-0.25, -0.2) is 15.0 Å². The highest BCUT2D eigenvalue weighted by Gasteiger charge is 2.39. The summed E-state index contributed by atoms with van der Waals surface area (Å²) < 4.78 is 63.2. The molecule has 74 heavy (non-hydrogen) atoms. The lowest BCUT2D eigenvalue weighted by molar-refractivity contribution is -0.137. The van der Waals surface area contributed by atoms with E-state index in [2.05, 4.69) is 77.4 Å². The van der Waals surface area contributed by atoms with Crippen molar-refractivity contribution >= 4 is 97.1 Å². The smallest absolute Gasteiger partial charge is 0.418 e. The van der Waals surface area contributed by atoms with Gasteiger partial charge < -0.3 is 13.6 Å². The highest BCUT2D eigenvalue weighted by molar-refractivity contribution is 7.25. The summed E-state index contributed by atoms with van der Waals surface area (Å²) in [6, 6.07) is 71.0. The Balaban J connectivity index is 1.08. The van der Waals surface area contributed by atoms with Crippen molar-refractivity contribution in [2.45, 2.75) is 6.18 Å². The van der Waals surface area contributed by atoms with Crippen LogP contribution in [-0.4, -0.2) is 24.1 Å². The lowest BCUT2D eigenvalue weighted by atomic mass is 9.99. The molecule has 10 aromatic carbocycles. The van der Waals surface area contributed by atoms with Gasteiger partial charge in [0.25, 0.3) is 0 Å². The topological polar surface area (TPSA) is 61.7 Å². The monoisotopic (exact) mass is 979 g/mol. The third kappa shape index (κ3) is 6.41. The van der Waals surface area contributed by atoms with E-state index >= 15 is 13.2 Å². The van der Waals surface area contributed by atoms with Crippen molar-refractivity contribution in [3.8, 4) is 56.7 Å². The van der Waals surface area contributed by atoms with Crippen LogP contribution in [0.4, 0.5) is 13.2 Å². The Bertz CT molecular complexity index is 4710. The fourth-order valence-corrected chi connectivity index (χ4v) is 12.3. The largest absolute Gasteiger partial charge is 0.454 e. The summed E-state index contributed by atoms with van der Waals surface area (Å²) in [6.07, 6.45) is -4.89. The molecule has 0 radical (unpaired) electrons. The average Bonchev–Trinajstić information content (AvgIpc) is 4.29. The maximum absolute atomic E-state index is 16.6. The molecule has 350 valence electrons.